The van der Waals surface area contributed by atoms with E-state index in [-0.39, 0.29) is 23.7 Å². The minimum absolute atomic E-state index is 0.227. The Labute approximate surface area is 138 Å². The predicted octanol–water partition coefficient (Wildman–Crippen LogP) is 2.44. The van der Waals surface area contributed by atoms with Gasteiger partial charge in [0.05, 0.1) is 24.1 Å². The number of benzene rings is 1. The molecule has 2 aromatic heterocycles. The molecule has 1 aromatic carbocycles. The highest BCUT2D eigenvalue weighted by Crippen LogP contribution is 2.14. The maximum Gasteiger partial charge on any atom is 0.268 e. The minimum Gasteiger partial charge on any atom is -0.354 e. The van der Waals surface area contributed by atoms with E-state index in [4.69, 9.17) is 0 Å². The van der Waals surface area contributed by atoms with E-state index in [0.717, 1.165) is 17.1 Å². The molecule has 6 heteroatoms. The number of para-hydroxylation sites is 1. The molecule has 0 saturated carbocycles. The van der Waals surface area contributed by atoms with Crippen LogP contribution in [0.5, 0.6) is 0 Å². The van der Waals surface area contributed by atoms with E-state index in [0.29, 0.717) is 0 Å². The molecule has 0 atom stereocenters. The number of hydrogen-bond donors (Lipinski definition) is 3. The number of rotatable bonds is 5. The average molecular weight is 320 g/mol. The smallest absolute Gasteiger partial charge is 0.268 e. The Balaban J connectivity index is 1.58. The first-order chi connectivity index (χ1) is 11.7. The molecule has 0 fully saturated rings. The van der Waals surface area contributed by atoms with Crippen LogP contribution in [-0.4, -0.2) is 15.9 Å². The van der Waals surface area contributed by atoms with Gasteiger partial charge in [0.1, 0.15) is 5.69 Å². The molecule has 3 N–H and O–H groups in total. The summed E-state index contributed by atoms with van der Waals surface area (Å²) in [5.41, 5.74) is 2.49. The van der Waals surface area contributed by atoms with Crippen LogP contribution in [0.25, 0.3) is 0 Å². The lowest BCUT2D eigenvalue weighted by Gasteiger charge is -2.08. The second-order valence-corrected chi connectivity index (χ2v) is 5.14. The zero-order valence-electron chi connectivity index (χ0n) is 12.8. The first-order valence-electron chi connectivity index (χ1n) is 7.45. The summed E-state index contributed by atoms with van der Waals surface area (Å²) in [6.45, 7) is 0.279. The van der Waals surface area contributed by atoms with Crippen molar-refractivity contribution in [2.24, 2.45) is 0 Å². The van der Waals surface area contributed by atoms with Gasteiger partial charge in [0, 0.05) is 11.8 Å². The van der Waals surface area contributed by atoms with E-state index < -0.39 is 0 Å². The lowest BCUT2D eigenvalue weighted by molar-refractivity contribution is 0.0945. The zero-order valence-corrected chi connectivity index (χ0v) is 12.8. The highest BCUT2D eigenvalue weighted by molar-refractivity contribution is 5.92. The maximum absolute atomic E-state index is 12.0. The highest BCUT2D eigenvalue weighted by Gasteiger charge is 2.06. The van der Waals surface area contributed by atoms with Crippen molar-refractivity contribution in [3.63, 3.8) is 0 Å². The van der Waals surface area contributed by atoms with Crippen LogP contribution in [0.2, 0.25) is 0 Å². The van der Waals surface area contributed by atoms with Crippen molar-refractivity contribution in [2.75, 3.05) is 5.32 Å². The van der Waals surface area contributed by atoms with Crippen molar-refractivity contribution >= 4 is 17.3 Å². The van der Waals surface area contributed by atoms with Gasteiger partial charge in [0.25, 0.3) is 5.91 Å². The number of pyridine rings is 2. The number of amides is 1. The normalized spacial score (nSPS) is 10.2. The van der Waals surface area contributed by atoms with Crippen LogP contribution >= 0.6 is 0 Å². The van der Waals surface area contributed by atoms with Gasteiger partial charge in [-0.3, -0.25) is 14.6 Å². The number of nitrogens with zero attached hydrogens (tertiary/aromatic N) is 1. The molecular weight excluding hydrogens is 304 g/mol. The first kappa shape index (κ1) is 15.5. The molecule has 2 heterocycles. The summed E-state index contributed by atoms with van der Waals surface area (Å²) in [6, 6.07) is 18.0. The van der Waals surface area contributed by atoms with Gasteiger partial charge in [-0.25, -0.2) is 0 Å². The molecule has 3 aromatic rings. The van der Waals surface area contributed by atoms with Crippen molar-refractivity contribution < 1.29 is 4.79 Å². The van der Waals surface area contributed by atoms with Crippen LogP contribution < -0.4 is 16.2 Å². The first-order valence-corrected chi connectivity index (χ1v) is 7.45. The van der Waals surface area contributed by atoms with Gasteiger partial charge in [0.2, 0.25) is 5.56 Å². The fourth-order valence-electron chi connectivity index (χ4n) is 2.14. The lowest BCUT2D eigenvalue weighted by atomic mass is 10.3. The number of H-pyrrole nitrogens is 1. The Morgan fingerprint density at radius 2 is 1.79 bits per heavy atom. The molecule has 3 rings (SSSR count). The van der Waals surface area contributed by atoms with Crippen molar-refractivity contribution in [3.05, 3.63) is 88.6 Å². The Bertz CT molecular complexity index is 873. The third-order valence-electron chi connectivity index (χ3n) is 3.33. The van der Waals surface area contributed by atoms with E-state index in [1.165, 1.54) is 12.1 Å². The van der Waals surface area contributed by atoms with Crippen molar-refractivity contribution in [1.82, 2.24) is 15.3 Å². The Morgan fingerprint density at radius 1 is 0.958 bits per heavy atom. The molecule has 0 saturated heterocycles. The Kier molecular flexibility index (Phi) is 4.67. The molecule has 0 aliphatic rings. The summed E-state index contributed by atoms with van der Waals surface area (Å²) in [7, 11) is 0. The summed E-state index contributed by atoms with van der Waals surface area (Å²) < 4.78 is 0. The van der Waals surface area contributed by atoms with Gasteiger partial charge in [-0.15, -0.1) is 0 Å². The third kappa shape index (κ3) is 4.07. The predicted molar refractivity (Wildman–Crippen MR) is 92.2 cm³/mol. The van der Waals surface area contributed by atoms with Gasteiger partial charge in [-0.05, 0) is 30.3 Å². The quantitative estimate of drug-likeness (QED) is 0.674. The fourth-order valence-corrected chi connectivity index (χ4v) is 2.14. The minimum atomic E-state index is -0.346. The second-order valence-electron chi connectivity index (χ2n) is 5.14. The van der Waals surface area contributed by atoms with Crippen molar-refractivity contribution in [1.29, 1.82) is 0 Å². The SMILES string of the molecule is O=C(NCc1ccc(Nc2ccccc2)cn1)c1cccc(=O)[nH]1. The summed E-state index contributed by atoms with van der Waals surface area (Å²) >= 11 is 0. The standard InChI is InChI=1S/C18H16N4O2/c23-17-8-4-7-16(22-17)18(24)20-11-14-9-10-15(12-19-14)21-13-5-2-1-3-6-13/h1-10,12,21H,11H2,(H,20,24)(H,22,23). The molecular formula is C18H16N4O2. The zero-order chi connectivity index (χ0) is 16.8. The molecule has 24 heavy (non-hydrogen) atoms. The number of carbonyl (C=O) groups is 1. The average Bonchev–Trinajstić information content (AvgIpc) is 2.62. The summed E-state index contributed by atoms with van der Waals surface area (Å²) in [5.74, 6) is -0.346. The Hall–Kier alpha value is -3.41. The summed E-state index contributed by atoms with van der Waals surface area (Å²) in [6.07, 6.45) is 1.71. The molecule has 120 valence electrons. The molecule has 0 unspecified atom stereocenters. The van der Waals surface area contributed by atoms with E-state index >= 15 is 0 Å². The van der Waals surface area contributed by atoms with Crippen molar-refractivity contribution in [2.45, 2.75) is 6.54 Å². The largest absolute Gasteiger partial charge is 0.354 e. The monoisotopic (exact) mass is 320 g/mol. The van der Waals surface area contributed by atoms with Crippen LogP contribution in [-0.2, 0) is 6.54 Å². The maximum atomic E-state index is 12.0. The van der Waals surface area contributed by atoms with Gasteiger partial charge in [-0.2, -0.15) is 0 Å². The molecule has 0 spiro atoms. The van der Waals surface area contributed by atoms with E-state index in [1.54, 1.807) is 12.3 Å². The topological polar surface area (TPSA) is 86.9 Å². The fraction of sp³-hybridized carbons (Fsp3) is 0.0556. The van der Waals surface area contributed by atoms with Gasteiger partial charge >= 0.3 is 0 Å². The van der Waals surface area contributed by atoms with E-state index in [1.807, 2.05) is 42.5 Å². The van der Waals surface area contributed by atoms with Crippen LogP contribution in [0.15, 0.2) is 71.7 Å². The van der Waals surface area contributed by atoms with Gasteiger partial charge < -0.3 is 15.6 Å². The molecule has 6 nitrogen and oxygen atoms in total. The third-order valence-corrected chi connectivity index (χ3v) is 3.33. The molecule has 1 amide bonds. The molecule has 0 aliphatic heterocycles. The molecule has 0 radical (unpaired) electrons. The number of hydrogen-bond acceptors (Lipinski definition) is 4. The molecule has 0 bridgehead atoms. The Morgan fingerprint density at radius 3 is 2.50 bits per heavy atom. The molecule has 0 aliphatic carbocycles. The van der Waals surface area contributed by atoms with E-state index in [2.05, 4.69) is 20.6 Å². The second kappa shape index (κ2) is 7.23. The number of carbonyl (C=O) groups excluding carboxylic acids is 1. The van der Waals surface area contributed by atoms with Crippen molar-refractivity contribution in [3.8, 4) is 0 Å². The number of nitrogens with one attached hydrogen (secondary N) is 3. The van der Waals surface area contributed by atoms with Crippen LogP contribution in [0, 0.1) is 0 Å². The van der Waals surface area contributed by atoms with Crippen LogP contribution in [0.3, 0.4) is 0 Å². The number of anilines is 2. The van der Waals surface area contributed by atoms with Crippen LogP contribution in [0.4, 0.5) is 11.4 Å². The van der Waals surface area contributed by atoms with Gasteiger partial charge in [-0.1, -0.05) is 24.3 Å². The van der Waals surface area contributed by atoms with E-state index in [9.17, 15) is 9.59 Å². The highest BCUT2D eigenvalue weighted by atomic mass is 16.2. The summed E-state index contributed by atoms with van der Waals surface area (Å²) in [4.78, 5) is 29.9. The summed E-state index contributed by atoms with van der Waals surface area (Å²) in [5, 5.41) is 5.96. The number of aromatic nitrogens is 2. The van der Waals surface area contributed by atoms with Crippen LogP contribution in [0.1, 0.15) is 16.2 Å². The number of aromatic amines is 1. The van der Waals surface area contributed by atoms with Gasteiger partial charge in [0.15, 0.2) is 0 Å². The lowest BCUT2D eigenvalue weighted by Crippen LogP contribution is -2.26.